The number of ether oxygens (including phenoxy) is 4. The van der Waals surface area contributed by atoms with Crippen LogP contribution in [-0.2, 0) is 23.7 Å². The minimum Gasteiger partial charge on any atom is -0.394 e. The molecule has 2 rings (SSSR count). The van der Waals surface area contributed by atoms with Crippen LogP contribution in [0.25, 0.3) is 0 Å². The van der Waals surface area contributed by atoms with Gasteiger partial charge in [0.05, 0.1) is 32.0 Å². The Hall–Kier alpha value is -1.53. The molecule has 0 spiro atoms. The third-order valence-corrected chi connectivity index (χ3v) is 14.7. The van der Waals surface area contributed by atoms with Crippen LogP contribution >= 0.6 is 0 Å². The minimum absolute atomic E-state index is 0.219. The molecule has 14 nitrogen and oxygen atoms in total. The molecule has 2 heterocycles. The van der Waals surface area contributed by atoms with Crippen molar-refractivity contribution in [3.63, 3.8) is 0 Å². The van der Waals surface area contributed by atoms with Gasteiger partial charge in [-0.05, 0) is 38.5 Å². The lowest BCUT2D eigenvalue weighted by atomic mass is 9.97. The number of aliphatic hydroxyl groups is 8. The molecule has 2 aliphatic rings. The molecule has 0 aromatic carbocycles. The van der Waals surface area contributed by atoms with Crippen LogP contribution in [0.1, 0.15) is 245 Å². The van der Waals surface area contributed by atoms with Crippen molar-refractivity contribution in [3.05, 3.63) is 24.3 Å². The van der Waals surface area contributed by atoms with E-state index in [4.69, 9.17) is 18.9 Å². The fraction of sp³-hybridized carbons (Fsp3) is 0.914. The first-order valence-corrected chi connectivity index (χ1v) is 29.6. The quantitative estimate of drug-likeness (QED) is 0.0205. The number of aliphatic hydroxyl groups excluding tert-OH is 8. The van der Waals surface area contributed by atoms with Gasteiger partial charge in [0.25, 0.3) is 0 Å². The Morgan fingerprint density at radius 1 is 0.500 bits per heavy atom. The van der Waals surface area contributed by atoms with Crippen LogP contribution in [0, 0.1) is 0 Å². The maximum absolute atomic E-state index is 13.2. The number of unbranched alkanes of at least 4 members (excludes halogenated alkanes) is 30. The highest BCUT2D eigenvalue weighted by Gasteiger charge is 2.51. The maximum Gasteiger partial charge on any atom is 0.220 e. The lowest BCUT2D eigenvalue weighted by Gasteiger charge is -2.46. The van der Waals surface area contributed by atoms with Crippen molar-refractivity contribution >= 4 is 5.91 Å². The van der Waals surface area contributed by atoms with Crippen LogP contribution in [-0.4, -0.2) is 140 Å². The summed E-state index contributed by atoms with van der Waals surface area (Å²) in [6, 6.07) is -0.834. The SMILES string of the molecule is CCCC/C=C\C/C=C\CCCCCCCC(=O)NC(COC1OC(CO)C(OC2OC(CO)C(O)C(O)C2O)C(O)C1O)C(O)CCCCCCCCCCCCCCCCCCCCCCCCCC. The molecule has 1 amide bonds. The summed E-state index contributed by atoms with van der Waals surface area (Å²) in [5, 5.41) is 87.2. The van der Waals surface area contributed by atoms with Gasteiger partial charge in [0.1, 0.15) is 48.8 Å². The van der Waals surface area contributed by atoms with Crippen molar-refractivity contribution in [2.45, 2.75) is 319 Å². The van der Waals surface area contributed by atoms with Gasteiger partial charge in [-0.1, -0.05) is 224 Å². The molecule has 0 aromatic rings. The molecule has 2 fully saturated rings. The van der Waals surface area contributed by atoms with Gasteiger partial charge >= 0.3 is 0 Å². The summed E-state index contributed by atoms with van der Waals surface area (Å²) < 4.78 is 22.8. The summed E-state index contributed by atoms with van der Waals surface area (Å²) in [7, 11) is 0. The largest absolute Gasteiger partial charge is 0.394 e. The van der Waals surface area contributed by atoms with E-state index < -0.39 is 86.8 Å². The zero-order valence-electron chi connectivity index (χ0n) is 45.4. The Morgan fingerprint density at radius 3 is 1.43 bits per heavy atom. The van der Waals surface area contributed by atoms with Gasteiger partial charge in [-0.3, -0.25) is 4.79 Å². The third-order valence-electron chi connectivity index (χ3n) is 14.7. The number of carbonyl (C=O) groups is 1. The molecule has 9 N–H and O–H groups in total. The first-order valence-electron chi connectivity index (χ1n) is 29.6. The Morgan fingerprint density at radius 2 is 0.931 bits per heavy atom. The van der Waals surface area contributed by atoms with Crippen molar-refractivity contribution in [1.82, 2.24) is 5.32 Å². The average Bonchev–Trinajstić information content (AvgIpc) is 3.38. The fourth-order valence-electron chi connectivity index (χ4n) is 9.84. The van der Waals surface area contributed by atoms with E-state index in [9.17, 15) is 45.6 Å². The van der Waals surface area contributed by atoms with E-state index in [2.05, 4.69) is 43.5 Å². The summed E-state index contributed by atoms with van der Waals surface area (Å²) in [5.41, 5.74) is 0. The number of hydrogen-bond acceptors (Lipinski definition) is 13. The predicted octanol–water partition coefficient (Wildman–Crippen LogP) is 9.67. The number of hydrogen-bond donors (Lipinski definition) is 9. The lowest BCUT2D eigenvalue weighted by molar-refractivity contribution is -0.359. The molecule has 0 saturated carbocycles. The van der Waals surface area contributed by atoms with Gasteiger partial charge in [-0.2, -0.15) is 0 Å². The molecule has 2 aliphatic heterocycles. The number of amides is 1. The van der Waals surface area contributed by atoms with Crippen LogP contribution in [0.2, 0.25) is 0 Å². The second kappa shape index (κ2) is 44.6. The molecular weight excluding hydrogens is 919 g/mol. The first kappa shape index (κ1) is 66.6. The summed E-state index contributed by atoms with van der Waals surface area (Å²) >= 11 is 0. The second-order valence-electron chi connectivity index (χ2n) is 21.1. The van der Waals surface area contributed by atoms with Crippen LogP contribution in [0.3, 0.4) is 0 Å². The van der Waals surface area contributed by atoms with Gasteiger partial charge in [0.15, 0.2) is 12.6 Å². The number of carbonyl (C=O) groups excluding carboxylic acids is 1. The van der Waals surface area contributed by atoms with Crippen LogP contribution < -0.4 is 5.32 Å². The molecule has 0 aliphatic carbocycles. The monoisotopic (exact) mass is 1030 g/mol. The first-order chi connectivity index (χ1) is 35.1. The number of nitrogens with one attached hydrogen (secondary N) is 1. The molecule has 72 heavy (non-hydrogen) atoms. The fourth-order valence-corrected chi connectivity index (χ4v) is 9.84. The van der Waals surface area contributed by atoms with E-state index in [1.165, 1.54) is 141 Å². The molecular formula is C58H109NO13. The summed E-state index contributed by atoms with van der Waals surface area (Å²) in [5.74, 6) is -0.219. The number of rotatable bonds is 47. The van der Waals surface area contributed by atoms with Crippen LogP contribution in [0.15, 0.2) is 24.3 Å². The van der Waals surface area contributed by atoms with Crippen molar-refractivity contribution in [1.29, 1.82) is 0 Å². The second-order valence-corrected chi connectivity index (χ2v) is 21.1. The van der Waals surface area contributed by atoms with Gasteiger partial charge < -0.3 is 65.1 Å². The Labute approximate surface area is 437 Å². The van der Waals surface area contributed by atoms with E-state index in [1.807, 2.05) is 0 Å². The van der Waals surface area contributed by atoms with Gasteiger partial charge in [-0.25, -0.2) is 0 Å². The molecule has 14 heteroatoms. The zero-order chi connectivity index (χ0) is 52.4. The normalized spacial score (nSPS) is 25.7. The average molecular weight is 1030 g/mol. The smallest absolute Gasteiger partial charge is 0.220 e. The maximum atomic E-state index is 13.2. The molecule has 424 valence electrons. The Balaban J connectivity index is 1.73. The summed E-state index contributed by atoms with van der Waals surface area (Å²) in [6.45, 7) is 2.83. The highest BCUT2D eigenvalue weighted by Crippen LogP contribution is 2.30. The van der Waals surface area contributed by atoms with E-state index in [1.54, 1.807) is 0 Å². The predicted molar refractivity (Wildman–Crippen MR) is 286 cm³/mol. The van der Waals surface area contributed by atoms with Crippen molar-refractivity contribution in [2.75, 3.05) is 19.8 Å². The van der Waals surface area contributed by atoms with Crippen LogP contribution in [0.4, 0.5) is 0 Å². The van der Waals surface area contributed by atoms with E-state index >= 15 is 0 Å². The van der Waals surface area contributed by atoms with E-state index in [0.29, 0.717) is 12.8 Å². The molecule has 0 aromatic heterocycles. The van der Waals surface area contributed by atoms with Crippen molar-refractivity contribution < 1.29 is 64.6 Å². The van der Waals surface area contributed by atoms with E-state index in [0.717, 1.165) is 70.6 Å². The van der Waals surface area contributed by atoms with Crippen LogP contribution in [0.5, 0.6) is 0 Å². The standard InChI is InChI=1S/C58H109NO13/c1-3-5-7-9-11-13-15-17-19-20-21-22-23-24-25-26-27-28-29-31-33-35-37-39-41-47(62)46(59-50(63)42-40-38-36-34-32-30-18-16-14-12-10-8-6-4-2)45-69-57-55(68)53(66)56(49(44-61)71-57)72-58-54(67)52(65)51(64)48(43-60)70-58/h10,12,16,18,46-49,51-58,60-62,64-68H,3-9,11,13-15,17,19-45H2,1-2H3,(H,59,63)/b12-10-,18-16-. The molecule has 12 unspecified atom stereocenters. The summed E-state index contributed by atoms with van der Waals surface area (Å²) in [4.78, 5) is 13.2. The summed E-state index contributed by atoms with van der Waals surface area (Å²) in [6.07, 6.45) is 34.7. The highest BCUT2D eigenvalue weighted by molar-refractivity contribution is 5.76. The van der Waals surface area contributed by atoms with Gasteiger partial charge in [0.2, 0.25) is 5.91 Å². The molecule has 0 bridgehead atoms. The van der Waals surface area contributed by atoms with E-state index in [-0.39, 0.29) is 18.9 Å². The zero-order valence-corrected chi connectivity index (χ0v) is 45.4. The molecule has 2 saturated heterocycles. The Kier molecular flexibility index (Phi) is 41.2. The molecule has 12 atom stereocenters. The molecule has 0 radical (unpaired) electrons. The van der Waals surface area contributed by atoms with Crippen molar-refractivity contribution in [3.8, 4) is 0 Å². The van der Waals surface area contributed by atoms with Gasteiger partial charge in [-0.15, -0.1) is 0 Å². The van der Waals surface area contributed by atoms with Gasteiger partial charge in [0, 0.05) is 6.42 Å². The van der Waals surface area contributed by atoms with Crippen molar-refractivity contribution in [2.24, 2.45) is 0 Å². The lowest BCUT2D eigenvalue weighted by Crippen LogP contribution is -2.65. The third kappa shape index (κ3) is 30.3. The Bertz CT molecular complexity index is 1300. The topological polar surface area (TPSA) is 228 Å². The minimum atomic E-state index is -1.78. The highest BCUT2D eigenvalue weighted by atomic mass is 16.7. The number of allylic oxidation sites excluding steroid dienone is 4.